The van der Waals surface area contributed by atoms with Crippen molar-refractivity contribution in [3.05, 3.63) is 0 Å². The Kier molecular flexibility index (Phi) is 5.07. The van der Waals surface area contributed by atoms with Gasteiger partial charge < -0.3 is 9.47 Å². The molecular weight excluding hydrogens is 188 g/mol. The van der Waals surface area contributed by atoms with Crippen molar-refractivity contribution in [2.24, 2.45) is 17.3 Å². The van der Waals surface area contributed by atoms with Crippen LogP contribution >= 0.6 is 0 Å². The van der Waals surface area contributed by atoms with Gasteiger partial charge in [-0.15, -0.1) is 0 Å². The van der Waals surface area contributed by atoms with E-state index in [-0.39, 0.29) is 0 Å². The fraction of sp³-hybridized carbons (Fsp3) is 1.00. The molecule has 0 aromatic carbocycles. The van der Waals surface area contributed by atoms with Gasteiger partial charge in [-0.25, -0.2) is 0 Å². The molecule has 2 heteroatoms. The SMILES string of the molecule is CCC[C@H]1CC(COC)(COC)C[C@@H]1C. The summed E-state index contributed by atoms with van der Waals surface area (Å²) in [5.74, 6) is 1.70. The molecule has 0 aromatic heterocycles. The lowest BCUT2D eigenvalue weighted by Gasteiger charge is -2.27. The van der Waals surface area contributed by atoms with Crippen molar-refractivity contribution in [1.82, 2.24) is 0 Å². The van der Waals surface area contributed by atoms with Crippen LogP contribution in [0.5, 0.6) is 0 Å². The molecule has 0 spiro atoms. The Bertz CT molecular complexity index is 173. The molecule has 1 fully saturated rings. The number of hydrogen-bond donors (Lipinski definition) is 0. The molecule has 15 heavy (non-hydrogen) atoms. The van der Waals surface area contributed by atoms with Crippen LogP contribution in [0.3, 0.4) is 0 Å². The highest BCUT2D eigenvalue weighted by Crippen LogP contribution is 2.47. The van der Waals surface area contributed by atoms with E-state index in [9.17, 15) is 0 Å². The quantitative estimate of drug-likeness (QED) is 0.676. The third-order valence-electron chi connectivity index (χ3n) is 3.82. The average Bonchev–Trinajstić information content (AvgIpc) is 2.45. The van der Waals surface area contributed by atoms with Crippen LogP contribution < -0.4 is 0 Å². The van der Waals surface area contributed by atoms with Gasteiger partial charge in [-0.3, -0.25) is 0 Å². The fourth-order valence-electron chi connectivity index (χ4n) is 3.34. The van der Waals surface area contributed by atoms with Gasteiger partial charge in [0, 0.05) is 19.6 Å². The van der Waals surface area contributed by atoms with Crippen molar-refractivity contribution in [2.75, 3.05) is 27.4 Å². The Morgan fingerprint density at radius 1 is 1.13 bits per heavy atom. The second kappa shape index (κ2) is 5.86. The van der Waals surface area contributed by atoms with E-state index in [0.717, 1.165) is 25.0 Å². The van der Waals surface area contributed by atoms with E-state index in [1.807, 2.05) is 0 Å². The third kappa shape index (κ3) is 3.18. The zero-order valence-electron chi connectivity index (χ0n) is 10.7. The minimum Gasteiger partial charge on any atom is -0.384 e. The molecule has 2 atom stereocenters. The molecule has 0 bridgehead atoms. The van der Waals surface area contributed by atoms with Gasteiger partial charge in [-0.2, -0.15) is 0 Å². The van der Waals surface area contributed by atoms with E-state index < -0.39 is 0 Å². The van der Waals surface area contributed by atoms with Gasteiger partial charge in [0.05, 0.1) is 13.2 Å². The van der Waals surface area contributed by atoms with Crippen LogP contribution in [-0.4, -0.2) is 27.4 Å². The first-order valence-electron chi connectivity index (χ1n) is 6.15. The molecule has 1 saturated carbocycles. The van der Waals surface area contributed by atoms with Crippen LogP contribution in [-0.2, 0) is 9.47 Å². The predicted octanol–water partition coefficient (Wildman–Crippen LogP) is 3.11. The van der Waals surface area contributed by atoms with Crippen LogP contribution in [0.1, 0.15) is 39.5 Å². The molecule has 0 amide bonds. The van der Waals surface area contributed by atoms with Gasteiger partial charge in [0.25, 0.3) is 0 Å². The maximum Gasteiger partial charge on any atom is 0.0540 e. The number of rotatable bonds is 6. The van der Waals surface area contributed by atoms with E-state index in [4.69, 9.17) is 9.47 Å². The second-order valence-electron chi connectivity index (χ2n) is 5.30. The number of ether oxygens (including phenoxy) is 2. The molecule has 90 valence electrons. The number of hydrogen-bond acceptors (Lipinski definition) is 2. The lowest BCUT2D eigenvalue weighted by molar-refractivity contribution is 0.0105. The molecule has 1 aliphatic rings. The summed E-state index contributed by atoms with van der Waals surface area (Å²) < 4.78 is 10.8. The molecule has 2 nitrogen and oxygen atoms in total. The van der Waals surface area contributed by atoms with E-state index >= 15 is 0 Å². The smallest absolute Gasteiger partial charge is 0.0540 e. The Labute approximate surface area is 94.3 Å². The van der Waals surface area contributed by atoms with E-state index in [1.54, 1.807) is 14.2 Å². The first kappa shape index (κ1) is 13.0. The Hall–Kier alpha value is -0.0800. The normalized spacial score (nSPS) is 29.6. The lowest BCUT2D eigenvalue weighted by atomic mass is 9.86. The van der Waals surface area contributed by atoms with Crippen LogP contribution in [0.2, 0.25) is 0 Å². The lowest BCUT2D eigenvalue weighted by Crippen LogP contribution is -2.29. The molecule has 1 aliphatic carbocycles. The van der Waals surface area contributed by atoms with E-state index in [1.165, 1.54) is 25.7 Å². The third-order valence-corrected chi connectivity index (χ3v) is 3.82. The van der Waals surface area contributed by atoms with Crippen molar-refractivity contribution >= 4 is 0 Å². The molecule has 0 heterocycles. The minimum absolute atomic E-state index is 0.294. The highest BCUT2D eigenvalue weighted by molar-refractivity contribution is 4.92. The van der Waals surface area contributed by atoms with Gasteiger partial charge in [0.2, 0.25) is 0 Å². The van der Waals surface area contributed by atoms with E-state index in [0.29, 0.717) is 5.41 Å². The van der Waals surface area contributed by atoms with Crippen molar-refractivity contribution in [1.29, 1.82) is 0 Å². The zero-order valence-corrected chi connectivity index (χ0v) is 10.7. The van der Waals surface area contributed by atoms with Crippen molar-refractivity contribution in [3.8, 4) is 0 Å². The van der Waals surface area contributed by atoms with Crippen LogP contribution in [0, 0.1) is 17.3 Å². The molecule has 0 saturated heterocycles. The molecule has 0 N–H and O–H groups in total. The van der Waals surface area contributed by atoms with E-state index in [2.05, 4.69) is 13.8 Å². The van der Waals surface area contributed by atoms with Gasteiger partial charge in [-0.1, -0.05) is 26.7 Å². The summed E-state index contributed by atoms with van der Waals surface area (Å²) in [6.07, 6.45) is 5.20. The first-order valence-corrected chi connectivity index (χ1v) is 6.15. The van der Waals surface area contributed by atoms with Crippen molar-refractivity contribution in [2.45, 2.75) is 39.5 Å². The molecular formula is C13H26O2. The summed E-state index contributed by atoms with van der Waals surface area (Å²) in [4.78, 5) is 0. The van der Waals surface area contributed by atoms with Crippen LogP contribution in [0.15, 0.2) is 0 Å². The maximum atomic E-state index is 5.38. The first-order chi connectivity index (χ1) is 7.17. The summed E-state index contributed by atoms with van der Waals surface area (Å²) in [7, 11) is 3.60. The molecule has 0 unspecified atom stereocenters. The standard InChI is InChI=1S/C13H26O2/c1-5-6-12-8-13(9-14-3,10-15-4)7-11(12)2/h11-12H,5-10H2,1-4H3/t11-,12-/m0/s1. The highest BCUT2D eigenvalue weighted by Gasteiger charge is 2.42. The summed E-state index contributed by atoms with van der Waals surface area (Å²) in [5, 5.41) is 0. The maximum absolute atomic E-state index is 5.38. The van der Waals surface area contributed by atoms with Gasteiger partial charge in [-0.05, 0) is 24.7 Å². The van der Waals surface area contributed by atoms with Crippen LogP contribution in [0.25, 0.3) is 0 Å². The Morgan fingerprint density at radius 2 is 1.73 bits per heavy atom. The average molecular weight is 214 g/mol. The monoisotopic (exact) mass is 214 g/mol. The van der Waals surface area contributed by atoms with Crippen molar-refractivity contribution < 1.29 is 9.47 Å². The zero-order chi connectivity index (χ0) is 11.3. The molecule has 0 aliphatic heterocycles. The topological polar surface area (TPSA) is 18.5 Å². The van der Waals surface area contributed by atoms with Gasteiger partial charge in [0.1, 0.15) is 0 Å². The van der Waals surface area contributed by atoms with Crippen molar-refractivity contribution in [3.63, 3.8) is 0 Å². The van der Waals surface area contributed by atoms with Gasteiger partial charge in [0.15, 0.2) is 0 Å². The predicted molar refractivity (Wildman–Crippen MR) is 63.0 cm³/mol. The van der Waals surface area contributed by atoms with Crippen LogP contribution in [0.4, 0.5) is 0 Å². The summed E-state index contributed by atoms with van der Waals surface area (Å²) in [6.45, 7) is 6.36. The Balaban J connectivity index is 2.59. The Morgan fingerprint density at radius 3 is 2.20 bits per heavy atom. The number of methoxy groups -OCH3 is 2. The summed E-state index contributed by atoms with van der Waals surface area (Å²) >= 11 is 0. The highest BCUT2D eigenvalue weighted by atomic mass is 16.5. The second-order valence-corrected chi connectivity index (χ2v) is 5.30. The summed E-state index contributed by atoms with van der Waals surface area (Å²) in [6, 6.07) is 0. The molecule has 0 radical (unpaired) electrons. The molecule has 0 aromatic rings. The van der Waals surface area contributed by atoms with Gasteiger partial charge >= 0.3 is 0 Å². The largest absolute Gasteiger partial charge is 0.384 e. The molecule has 1 rings (SSSR count). The summed E-state index contributed by atoms with van der Waals surface area (Å²) in [5.41, 5.74) is 0.294. The fourth-order valence-corrected chi connectivity index (χ4v) is 3.34. The minimum atomic E-state index is 0.294.